The summed E-state index contributed by atoms with van der Waals surface area (Å²) in [6.07, 6.45) is 4.39. The summed E-state index contributed by atoms with van der Waals surface area (Å²) in [5.74, 6) is -0.918. The normalized spacial score (nSPS) is 16.2. The number of β-amino-alcohol motifs (C(OH)–C–C–N with tert-alkyl or cyclic N) is 1. The summed E-state index contributed by atoms with van der Waals surface area (Å²) in [6.45, 7) is 6.53. The van der Waals surface area contributed by atoms with Crippen molar-refractivity contribution in [2.24, 2.45) is 5.92 Å². The molecule has 1 aliphatic rings. The molecule has 0 heterocycles. The van der Waals surface area contributed by atoms with Gasteiger partial charge in [-0.25, -0.2) is 9.18 Å². The van der Waals surface area contributed by atoms with Crippen molar-refractivity contribution in [2.75, 3.05) is 13.2 Å². The van der Waals surface area contributed by atoms with Crippen LogP contribution in [-0.2, 0) is 22.4 Å². The van der Waals surface area contributed by atoms with E-state index in [1.807, 2.05) is 0 Å². The quantitative estimate of drug-likeness (QED) is 0.434. The molecular formula is C27H34FNO4. The average molecular weight is 456 g/mol. The van der Waals surface area contributed by atoms with E-state index < -0.39 is 24.0 Å². The number of fused-ring (bicyclic) bond motifs is 1. The fourth-order valence-electron chi connectivity index (χ4n) is 4.60. The van der Waals surface area contributed by atoms with Crippen molar-refractivity contribution in [1.82, 2.24) is 5.32 Å². The summed E-state index contributed by atoms with van der Waals surface area (Å²) in [7, 11) is 0. The molecule has 2 aromatic carbocycles. The van der Waals surface area contributed by atoms with Gasteiger partial charge in [0.1, 0.15) is 5.82 Å². The van der Waals surface area contributed by atoms with Gasteiger partial charge < -0.3 is 20.3 Å². The highest BCUT2D eigenvalue weighted by molar-refractivity contribution is 5.85. The second-order valence-corrected chi connectivity index (χ2v) is 9.59. The van der Waals surface area contributed by atoms with E-state index in [1.165, 1.54) is 35.4 Å². The lowest BCUT2D eigenvalue weighted by molar-refractivity contribution is -0.131. The molecule has 0 aromatic heterocycles. The highest BCUT2D eigenvalue weighted by Crippen LogP contribution is 2.32. The van der Waals surface area contributed by atoms with Gasteiger partial charge in [0.2, 0.25) is 0 Å². The number of benzene rings is 2. The number of hydrogen-bond acceptors (Lipinski definition) is 4. The number of aliphatic hydroxyl groups excluding tert-OH is 1. The van der Waals surface area contributed by atoms with Gasteiger partial charge in [0.05, 0.1) is 18.8 Å². The van der Waals surface area contributed by atoms with Crippen LogP contribution in [0.3, 0.4) is 0 Å². The van der Waals surface area contributed by atoms with Gasteiger partial charge in [-0.15, -0.1) is 0 Å². The largest absolute Gasteiger partial charge is 0.478 e. The van der Waals surface area contributed by atoms with Gasteiger partial charge in [0.15, 0.2) is 0 Å². The summed E-state index contributed by atoms with van der Waals surface area (Å²) in [4.78, 5) is 10.8. The van der Waals surface area contributed by atoms with E-state index in [1.54, 1.807) is 6.92 Å². The van der Waals surface area contributed by atoms with Crippen molar-refractivity contribution in [2.45, 2.75) is 57.8 Å². The molecule has 0 radical (unpaired) electrons. The van der Waals surface area contributed by atoms with Gasteiger partial charge in [0.25, 0.3) is 0 Å². The monoisotopic (exact) mass is 455 g/mol. The van der Waals surface area contributed by atoms with Crippen molar-refractivity contribution in [1.29, 1.82) is 0 Å². The molecular weight excluding hydrogens is 421 g/mol. The highest BCUT2D eigenvalue weighted by Gasteiger charge is 2.28. The first kappa shape index (κ1) is 25.1. The van der Waals surface area contributed by atoms with Crippen LogP contribution in [0.25, 0.3) is 6.08 Å². The number of carboxylic acid groups (broad SMARTS) is 1. The minimum atomic E-state index is -1.08. The Morgan fingerprint density at radius 2 is 1.91 bits per heavy atom. The van der Waals surface area contributed by atoms with Crippen molar-refractivity contribution < 1.29 is 24.1 Å². The van der Waals surface area contributed by atoms with Crippen molar-refractivity contribution in [3.05, 3.63) is 76.6 Å². The summed E-state index contributed by atoms with van der Waals surface area (Å²) < 4.78 is 19.6. The number of halogens is 1. The predicted molar refractivity (Wildman–Crippen MR) is 127 cm³/mol. The number of aliphatic hydroxyl groups is 1. The third kappa shape index (κ3) is 7.49. The predicted octanol–water partition coefficient (Wildman–Crippen LogP) is 4.54. The minimum Gasteiger partial charge on any atom is -0.478 e. The molecule has 0 unspecified atom stereocenters. The molecule has 178 valence electrons. The van der Waals surface area contributed by atoms with E-state index >= 15 is 0 Å². The Balaban J connectivity index is 1.48. The molecule has 0 saturated heterocycles. The molecule has 0 saturated carbocycles. The third-order valence-corrected chi connectivity index (χ3v) is 6.18. The molecule has 5 nitrogen and oxygen atoms in total. The van der Waals surface area contributed by atoms with Crippen LogP contribution < -0.4 is 5.32 Å². The number of rotatable bonds is 11. The molecule has 0 fully saturated rings. The lowest BCUT2D eigenvalue weighted by Crippen LogP contribution is -2.45. The van der Waals surface area contributed by atoms with Gasteiger partial charge in [-0.3, -0.25) is 0 Å². The maximum atomic E-state index is 13.8. The van der Waals surface area contributed by atoms with Gasteiger partial charge in [-0.2, -0.15) is 0 Å². The van der Waals surface area contributed by atoms with E-state index in [2.05, 4.69) is 43.4 Å². The van der Waals surface area contributed by atoms with E-state index in [4.69, 9.17) is 9.84 Å². The maximum absolute atomic E-state index is 13.8. The van der Waals surface area contributed by atoms with Crippen LogP contribution in [-0.4, -0.2) is 41.0 Å². The lowest BCUT2D eigenvalue weighted by Gasteiger charge is -2.31. The van der Waals surface area contributed by atoms with Crippen LogP contribution in [0, 0.1) is 11.7 Å². The number of ether oxygens (including phenoxy) is 1. The molecule has 0 aliphatic heterocycles. The molecule has 6 heteroatoms. The molecule has 2 atom stereocenters. The second kappa shape index (κ2) is 11.1. The molecule has 0 bridgehead atoms. The number of nitrogens with one attached hydrogen (secondary N) is 1. The second-order valence-electron chi connectivity index (χ2n) is 9.59. The highest BCUT2D eigenvalue weighted by atomic mass is 19.1. The van der Waals surface area contributed by atoms with Crippen molar-refractivity contribution in [3.63, 3.8) is 0 Å². The van der Waals surface area contributed by atoms with Crippen molar-refractivity contribution >= 4 is 12.0 Å². The van der Waals surface area contributed by atoms with E-state index in [0.717, 1.165) is 25.3 Å². The first-order valence-corrected chi connectivity index (χ1v) is 11.4. The van der Waals surface area contributed by atoms with Crippen LogP contribution in [0.5, 0.6) is 0 Å². The van der Waals surface area contributed by atoms with Crippen LogP contribution in [0.2, 0.25) is 0 Å². The van der Waals surface area contributed by atoms with Crippen molar-refractivity contribution in [3.8, 4) is 0 Å². The molecule has 33 heavy (non-hydrogen) atoms. The summed E-state index contributed by atoms with van der Waals surface area (Å²) in [6, 6.07) is 12.7. The average Bonchev–Trinajstić information content (AvgIpc) is 3.16. The van der Waals surface area contributed by atoms with Crippen LogP contribution in [0.15, 0.2) is 48.5 Å². The smallest absolute Gasteiger partial charge is 0.328 e. The zero-order valence-electron chi connectivity index (χ0n) is 19.6. The van der Waals surface area contributed by atoms with Crippen LogP contribution >= 0.6 is 0 Å². The van der Waals surface area contributed by atoms with Crippen LogP contribution in [0.1, 0.15) is 55.5 Å². The van der Waals surface area contributed by atoms with E-state index in [-0.39, 0.29) is 12.1 Å². The van der Waals surface area contributed by atoms with E-state index in [0.29, 0.717) is 23.6 Å². The zero-order chi connectivity index (χ0) is 24.0. The number of carboxylic acids is 1. The molecule has 3 N–H and O–H groups in total. The number of carbonyl (C=O) groups is 1. The Kier molecular flexibility index (Phi) is 8.40. The Hall–Kier alpha value is -2.54. The summed E-state index contributed by atoms with van der Waals surface area (Å²) in [5, 5.41) is 22.8. The Bertz CT molecular complexity index is 963. The third-order valence-electron chi connectivity index (χ3n) is 6.18. The Morgan fingerprint density at radius 1 is 1.24 bits per heavy atom. The molecule has 0 spiro atoms. The zero-order valence-corrected chi connectivity index (χ0v) is 19.6. The van der Waals surface area contributed by atoms with Gasteiger partial charge in [-0.1, -0.05) is 30.3 Å². The topological polar surface area (TPSA) is 78.8 Å². The summed E-state index contributed by atoms with van der Waals surface area (Å²) in [5.41, 5.74) is 3.86. The number of aliphatic carboxylic acids is 1. The van der Waals surface area contributed by atoms with Gasteiger partial charge in [-0.05, 0) is 86.4 Å². The molecule has 0 amide bonds. The first-order valence-electron chi connectivity index (χ1n) is 11.4. The SMILES string of the molecule is C[C@@H](OC[C@H](O)CNC(C)(C)CC1Cc2ccccc2C1)c1cc(F)ccc1/C=C/C(=O)O. The van der Waals surface area contributed by atoms with Gasteiger partial charge >= 0.3 is 5.97 Å². The minimum absolute atomic E-state index is 0.0811. The molecule has 3 rings (SSSR count). The lowest BCUT2D eigenvalue weighted by atomic mass is 9.88. The maximum Gasteiger partial charge on any atom is 0.328 e. The van der Waals surface area contributed by atoms with Gasteiger partial charge in [0, 0.05) is 18.2 Å². The van der Waals surface area contributed by atoms with Crippen LogP contribution in [0.4, 0.5) is 4.39 Å². The first-order chi connectivity index (χ1) is 15.6. The summed E-state index contributed by atoms with van der Waals surface area (Å²) >= 11 is 0. The molecule has 1 aliphatic carbocycles. The standard InChI is InChI=1S/C27H34FNO4/c1-18(25-14-23(28)10-8-20(25)9-11-26(31)32)33-17-24(30)16-29-27(2,3)15-19-12-21-6-4-5-7-22(21)13-19/h4-11,14,18-19,24,29-30H,12-13,15-17H2,1-3H3,(H,31,32)/b11-9+/t18-,24-/m1/s1. The number of hydrogen-bond donors (Lipinski definition) is 3. The Morgan fingerprint density at radius 3 is 2.55 bits per heavy atom. The fraction of sp³-hybridized carbons (Fsp3) is 0.444. The Labute approximate surface area is 195 Å². The molecule has 2 aromatic rings. The fourth-order valence-corrected chi connectivity index (χ4v) is 4.60. The van der Waals surface area contributed by atoms with E-state index in [9.17, 15) is 14.3 Å².